The number of nitrogens with one attached hydrogen (secondary N) is 2. The van der Waals surface area contributed by atoms with E-state index in [0.29, 0.717) is 19.0 Å². The molecule has 24 heavy (non-hydrogen) atoms. The number of carbonyl (C=O) groups is 1. The van der Waals surface area contributed by atoms with Gasteiger partial charge in [0, 0.05) is 45.1 Å². The van der Waals surface area contributed by atoms with Gasteiger partial charge >= 0.3 is 0 Å². The van der Waals surface area contributed by atoms with Crippen LogP contribution in [0.5, 0.6) is 0 Å². The van der Waals surface area contributed by atoms with Crippen molar-refractivity contribution in [2.24, 2.45) is 0 Å². The first-order valence-corrected chi connectivity index (χ1v) is 8.71. The number of fused-ring (bicyclic) bond motifs is 1. The number of carbonyl (C=O) groups excluding carboxylic acids is 1. The van der Waals surface area contributed by atoms with Gasteiger partial charge in [-0.05, 0) is 32.6 Å². The molecule has 6 nitrogen and oxygen atoms in total. The first-order valence-electron chi connectivity index (χ1n) is 8.71. The van der Waals surface area contributed by atoms with E-state index in [4.69, 9.17) is 0 Å². The minimum atomic E-state index is 0.145. The molecule has 2 N–H and O–H groups in total. The summed E-state index contributed by atoms with van der Waals surface area (Å²) in [5.41, 5.74) is 2.07. The largest absolute Gasteiger partial charge is 0.356 e. The Kier molecular flexibility index (Phi) is 5.48. The topological polar surface area (TPSA) is 64.3 Å². The van der Waals surface area contributed by atoms with Crippen LogP contribution < -0.4 is 5.32 Å². The summed E-state index contributed by atoms with van der Waals surface area (Å²) in [5.74, 6) is 1.13. The van der Waals surface area contributed by atoms with Gasteiger partial charge in [-0.2, -0.15) is 0 Å². The van der Waals surface area contributed by atoms with Crippen molar-refractivity contribution in [2.75, 3.05) is 40.3 Å². The Morgan fingerprint density at radius 3 is 3.00 bits per heavy atom. The molecule has 1 aromatic heterocycles. The van der Waals surface area contributed by atoms with Gasteiger partial charge in [0.15, 0.2) is 0 Å². The molecule has 130 valence electrons. The molecule has 1 aliphatic rings. The number of aromatic amines is 1. The van der Waals surface area contributed by atoms with E-state index in [1.807, 2.05) is 24.3 Å². The normalized spacial score (nSPS) is 19.7. The van der Waals surface area contributed by atoms with E-state index < -0.39 is 0 Å². The second kappa shape index (κ2) is 7.77. The van der Waals surface area contributed by atoms with Crippen LogP contribution in [-0.2, 0) is 11.2 Å². The zero-order valence-corrected chi connectivity index (χ0v) is 14.6. The molecule has 0 unspecified atom stereocenters. The zero-order valence-electron chi connectivity index (χ0n) is 14.6. The van der Waals surface area contributed by atoms with Crippen molar-refractivity contribution in [3.63, 3.8) is 0 Å². The Morgan fingerprint density at radius 2 is 2.17 bits per heavy atom. The Labute approximate surface area is 143 Å². The predicted octanol–water partition coefficient (Wildman–Crippen LogP) is 1.25. The Balaban J connectivity index is 1.39. The average Bonchev–Trinajstić information content (AvgIpc) is 2.98. The molecular weight excluding hydrogens is 302 g/mol. The van der Waals surface area contributed by atoms with Gasteiger partial charge in [-0.15, -0.1) is 0 Å². The minimum Gasteiger partial charge on any atom is -0.356 e. The summed E-state index contributed by atoms with van der Waals surface area (Å²) in [5, 5.41) is 3.04. The molecule has 1 atom stereocenters. The molecule has 1 saturated heterocycles. The third kappa shape index (κ3) is 4.33. The number of nitrogens with zero attached hydrogens (tertiary/aromatic N) is 3. The number of aryl methyl sites for hydroxylation is 1. The van der Waals surface area contributed by atoms with Crippen LogP contribution in [0, 0.1) is 0 Å². The first kappa shape index (κ1) is 16.9. The Morgan fingerprint density at radius 1 is 1.33 bits per heavy atom. The van der Waals surface area contributed by atoms with Gasteiger partial charge in [0.2, 0.25) is 5.91 Å². The molecule has 0 spiro atoms. The number of para-hydroxylation sites is 2. The second-order valence-corrected chi connectivity index (χ2v) is 6.75. The average molecular weight is 329 g/mol. The number of likely N-dealkylation sites (N-methyl/N-ethyl adjacent to an activating group) is 2. The predicted molar refractivity (Wildman–Crippen MR) is 96.0 cm³/mol. The number of aromatic nitrogens is 2. The Hall–Kier alpha value is -1.92. The van der Waals surface area contributed by atoms with E-state index in [9.17, 15) is 4.79 Å². The van der Waals surface area contributed by atoms with Crippen molar-refractivity contribution in [2.45, 2.75) is 25.3 Å². The highest BCUT2D eigenvalue weighted by molar-refractivity contribution is 5.76. The van der Waals surface area contributed by atoms with Gasteiger partial charge in [0.25, 0.3) is 0 Å². The number of imidazole rings is 1. The molecule has 2 aromatic rings. The van der Waals surface area contributed by atoms with Crippen molar-refractivity contribution in [1.82, 2.24) is 25.1 Å². The number of hydrogen-bond acceptors (Lipinski definition) is 4. The third-order valence-corrected chi connectivity index (χ3v) is 4.75. The molecule has 0 aliphatic carbocycles. The van der Waals surface area contributed by atoms with Crippen molar-refractivity contribution < 1.29 is 4.79 Å². The van der Waals surface area contributed by atoms with E-state index in [2.05, 4.69) is 39.2 Å². The number of rotatable bonds is 6. The minimum absolute atomic E-state index is 0.145. The summed E-state index contributed by atoms with van der Waals surface area (Å²) in [6.07, 6.45) is 2.32. The van der Waals surface area contributed by atoms with Crippen molar-refractivity contribution in [3.8, 4) is 0 Å². The molecule has 6 heteroatoms. The number of amides is 1. The van der Waals surface area contributed by atoms with Gasteiger partial charge in [0.05, 0.1) is 11.0 Å². The second-order valence-electron chi connectivity index (χ2n) is 6.75. The molecule has 1 aromatic carbocycles. The Bertz CT molecular complexity index is 650. The molecule has 1 aliphatic heterocycles. The van der Waals surface area contributed by atoms with Crippen LogP contribution in [0.3, 0.4) is 0 Å². The fraction of sp³-hybridized carbons (Fsp3) is 0.556. The lowest BCUT2D eigenvalue weighted by Crippen LogP contribution is -2.51. The molecule has 3 rings (SSSR count). The lowest BCUT2D eigenvalue weighted by molar-refractivity contribution is -0.122. The number of piperazine rings is 1. The van der Waals surface area contributed by atoms with Crippen LogP contribution in [0.1, 0.15) is 18.7 Å². The highest BCUT2D eigenvalue weighted by Crippen LogP contribution is 2.11. The van der Waals surface area contributed by atoms with Crippen LogP contribution >= 0.6 is 0 Å². The summed E-state index contributed by atoms with van der Waals surface area (Å²) >= 11 is 0. The maximum atomic E-state index is 12.1. The summed E-state index contributed by atoms with van der Waals surface area (Å²) in [7, 11) is 4.22. The molecule has 0 saturated carbocycles. The van der Waals surface area contributed by atoms with Crippen molar-refractivity contribution >= 4 is 16.9 Å². The molecular formula is C18H27N5O. The molecule has 0 radical (unpaired) electrons. The first-order chi connectivity index (χ1) is 11.6. The van der Waals surface area contributed by atoms with Gasteiger partial charge in [-0.1, -0.05) is 12.1 Å². The lowest BCUT2D eigenvalue weighted by atomic mass is 10.1. The monoisotopic (exact) mass is 329 g/mol. The van der Waals surface area contributed by atoms with Crippen LogP contribution in [0.4, 0.5) is 0 Å². The molecule has 1 amide bonds. The van der Waals surface area contributed by atoms with Gasteiger partial charge in [-0.25, -0.2) is 4.98 Å². The lowest BCUT2D eigenvalue weighted by Gasteiger charge is -2.37. The molecule has 0 bridgehead atoms. The summed E-state index contributed by atoms with van der Waals surface area (Å²) in [6, 6.07) is 8.36. The maximum Gasteiger partial charge on any atom is 0.221 e. The highest BCUT2D eigenvalue weighted by Gasteiger charge is 2.24. The van der Waals surface area contributed by atoms with E-state index in [-0.39, 0.29) is 5.91 Å². The van der Waals surface area contributed by atoms with Gasteiger partial charge < -0.3 is 20.1 Å². The standard InChI is InChI=1S/C18H27N5O/c1-22-10-11-23(2)14(13-22)12-18(24)19-9-5-8-17-20-15-6-3-4-7-16(15)21-17/h3-4,6-7,14H,5,8-13H2,1-2H3,(H,19,24)(H,20,21)/t14-/m1/s1. The highest BCUT2D eigenvalue weighted by atomic mass is 16.1. The third-order valence-electron chi connectivity index (χ3n) is 4.75. The van der Waals surface area contributed by atoms with Crippen LogP contribution in [-0.4, -0.2) is 72.0 Å². The number of benzene rings is 1. The summed E-state index contributed by atoms with van der Waals surface area (Å²) in [4.78, 5) is 24.6. The van der Waals surface area contributed by atoms with Crippen LogP contribution in [0.2, 0.25) is 0 Å². The molecule has 1 fully saturated rings. The van der Waals surface area contributed by atoms with E-state index in [0.717, 1.165) is 49.3 Å². The van der Waals surface area contributed by atoms with E-state index in [1.54, 1.807) is 0 Å². The zero-order chi connectivity index (χ0) is 16.9. The van der Waals surface area contributed by atoms with Gasteiger partial charge in [0.1, 0.15) is 5.82 Å². The fourth-order valence-electron chi connectivity index (χ4n) is 3.22. The van der Waals surface area contributed by atoms with E-state index in [1.165, 1.54) is 0 Å². The number of H-pyrrole nitrogens is 1. The van der Waals surface area contributed by atoms with Gasteiger partial charge in [-0.3, -0.25) is 4.79 Å². The van der Waals surface area contributed by atoms with Crippen molar-refractivity contribution in [1.29, 1.82) is 0 Å². The SMILES string of the molecule is CN1CCN(C)[C@H](CC(=O)NCCCc2nc3ccccc3[nH]2)C1. The fourth-order valence-corrected chi connectivity index (χ4v) is 3.22. The quantitative estimate of drug-likeness (QED) is 0.783. The number of hydrogen-bond donors (Lipinski definition) is 2. The van der Waals surface area contributed by atoms with E-state index >= 15 is 0 Å². The smallest absolute Gasteiger partial charge is 0.221 e. The van der Waals surface area contributed by atoms with Crippen LogP contribution in [0.15, 0.2) is 24.3 Å². The maximum absolute atomic E-state index is 12.1. The summed E-state index contributed by atoms with van der Waals surface area (Å²) < 4.78 is 0. The summed E-state index contributed by atoms with van der Waals surface area (Å²) in [6.45, 7) is 3.76. The van der Waals surface area contributed by atoms with Crippen LogP contribution in [0.25, 0.3) is 11.0 Å². The van der Waals surface area contributed by atoms with Crippen molar-refractivity contribution in [3.05, 3.63) is 30.1 Å². The molecule has 2 heterocycles.